The Kier molecular flexibility index (Phi) is 7.35. The van der Waals surface area contributed by atoms with Crippen molar-refractivity contribution in [2.24, 2.45) is 5.92 Å². The fraction of sp³-hybridized carbons (Fsp3) is 0.867. The highest BCUT2D eigenvalue weighted by Gasteiger charge is 2.29. The standard InChI is InChI=1S/C15H28N2O3S/c1-4-15(5-2,21-3)11-16-14(20)17-8-6-7-12(10-17)9-13(18)19/h12H,4-11H2,1-3H3,(H,16,20)(H,18,19). The van der Waals surface area contributed by atoms with Gasteiger partial charge in [0, 0.05) is 30.8 Å². The van der Waals surface area contributed by atoms with Crippen molar-refractivity contribution in [3.63, 3.8) is 0 Å². The van der Waals surface area contributed by atoms with Crippen LogP contribution < -0.4 is 5.32 Å². The maximum atomic E-state index is 12.3. The number of thioether (sulfide) groups is 1. The van der Waals surface area contributed by atoms with Gasteiger partial charge in [0.05, 0.1) is 0 Å². The second-order valence-electron chi connectivity index (χ2n) is 5.81. The number of hydrogen-bond acceptors (Lipinski definition) is 3. The second kappa shape index (κ2) is 8.51. The first-order chi connectivity index (χ1) is 9.96. The molecule has 0 saturated carbocycles. The summed E-state index contributed by atoms with van der Waals surface area (Å²) in [6.45, 7) is 6.25. The van der Waals surface area contributed by atoms with E-state index in [0.717, 1.165) is 32.2 Å². The van der Waals surface area contributed by atoms with Crippen LogP contribution in [0.15, 0.2) is 0 Å². The fourth-order valence-corrected chi connectivity index (χ4v) is 3.67. The third-order valence-corrected chi connectivity index (χ3v) is 6.14. The van der Waals surface area contributed by atoms with Crippen molar-refractivity contribution in [1.29, 1.82) is 0 Å². The molecule has 1 rings (SSSR count). The highest BCUT2D eigenvalue weighted by Crippen LogP contribution is 2.29. The van der Waals surface area contributed by atoms with Crippen LogP contribution >= 0.6 is 11.8 Å². The average molecular weight is 316 g/mol. The third kappa shape index (κ3) is 5.41. The lowest BCUT2D eigenvalue weighted by Crippen LogP contribution is -2.49. The Labute approximate surface area is 131 Å². The van der Waals surface area contributed by atoms with Gasteiger partial charge < -0.3 is 15.3 Å². The van der Waals surface area contributed by atoms with Gasteiger partial charge in [-0.2, -0.15) is 11.8 Å². The molecular formula is C15H28N2O3S. The Morgan fingerprint density at radius 2 is 2.05 bits per heavy atom. The summed E-state index contributed by atoms with van der Waals surface area (Å²) in [6, 6.07) is -0.0505. The zero-order chi connectivity index (χ0) is 15.9. The van der Waals surface area contributed by atoms with Gasteiger partial charge in [0.25, 0.3) is 0 Å². The van der Waals surface area contributed by atoms with Crippen molar-refractivity contribution in [2.45, 2.75) is 50.7 Å². The van der Waals surface area contributed by atoms with E-state index in [1.807, 2.05) is 0 Å². The smallest absolute Gasteiger partial charge is 0.317 e. The first kappa shape index (κ1) is 18.1. The molecule has 5 nitrogen and oxygen atoms in total. The van der Waals surface area contributed by atoms with Crippen LogP contribution in [-0.2, 0) is 4.79 Å². The highest BCUT2D eigenvalue weighted by atomic mass is 32.2. The third-order valence-electron chi connectivity index (χ3n) is 4.55. The summed E-state index contributed by atoms with van der Waals surface area (Å²) >= 11 is 1.80. The number of carbonyl (C=O) groups is 2. The van der Waals surface area contributed by atoms with Crippen molar-refractivity contribution >= 4 is 23.8 Å². The number of rotatable bonds is 7. The molecule has 1 fully saturated rings. The molecule has 0 aliphatic carbocycles. The summed E-state index contributed by atoms with van der Waals surface area (Å²) in [5, 5.41) is 11.9. The van der Waals surface area contributed by atoms with Crippen molar-refractivity contribution in [3.05, 3.63) is 0 Å². The molecule has 0 aromatic heterocycles. The minimum atomic E-state index is -0.777. The topological polar surface area (TPSA) is 69.6 Å². The summed E-state index contributed by atoms with van der Waals surface area (Å²) in [7, 11) is 0. The van der Waals surface area contributed by atoms with E-state index < -0.39 is 5.97 Å². The Hall–Kier alpha value is -0.910. The Morgan fingerprint density at radius 1 is 1.38 bits per heavy atom. The molecule has 1 unspecified atom stereocenters. The Bertz CT molecular complexity index is 351. The van der Waals surface area contributed by atoms with Crippen LogP contribution in [0.5, 0.6) is 0 Å². The largest absolute Gasteiger partial charge is 0.481 e. The monoisotopic (exact) mass is 316 g/mol. The molecule has 0 radical (unpaired) electrons. The second-order valence-corrected chi connectivity index (χ2v) is 7.08. The van der Waals surface area contributed by atoms with E-state index in [1.54, 1.807) is 16.7 Å². The number of aliphatic carboxylic acids is 1. The predicted molar refractivity (Wildman–Crippen MR) is 86.8 cm³/mol. The number of nitrogens with zero attached hydrogens (tertiary/aromatic N) is 1. The lowest BCUT2D eigenvalue weighted by atomic mass is 9.95. The fourth-order valence-electron chi connectivity index (χ4n) is 2.87. The van der Waals surface area contributed by atoms with Gasteiger partial charge in [-0.1, -0.05) is 13.8 Å². The summed E-state index contributed by atoms with van der Waals surface area (Å²) in [4.78, 5) is 24.8. The van der Waals surface area contributed by atoms with Crippen LogP contribution in [0, 0.1) is 5.92 Å². The Morgan fingerprint density at radius 3 is 2.57 bits per heavy atom. The Balaban J connectivity index is 2.49. The van der Waals surface area contributed by atoms with E-state index in [-0.39, 0.29) is 23.1 Å². The molecule has 2 N–H and O–H groups in total. The van der Waals surface area contributed by atoms with E-state index in [0.29, 0.717) is 13.1 Å². The average Bonchev–Trinajstić information content (AvgIpc) is 2.48. The molecule has 2 amide bonds. The van der Waals surface area contributed by atoms with E-state index in [9.17, 15) is 9.59 Å². The molecule has 1 aliphatic rings. The molecule has 122 valence electrons. The van der Waals surface area contributed by atoms with Crippen molar-refractivity contribution < 1.29 is 14.7 Å². The van der Waals surface area contributed by atoms with Crippen LogP contribution in [0.1, 0.15) is 46.0 Å². The van der Waals surface area contributed by atoms with E-state index in [2.05, 4.69) is 25.4 Å². The lowest BCUT2D eigenvalue weighted by molar-refractivity contribution is -0.138. The van der Waals surface area contributed by atoms with E-state index in [1.165, 1.54) is 0 Å². The number of hydrogen-bond donors (Lipinski definition) is 2. The summed E-state index contributed by atoms with van der Waals surface area (Å²) in [6.07, 6.45) is 6.07. The summed E-state index contributed by atoms with van der Waals surface area (Å²) in [5.74, 6) is -0.690. The van der Waals surface area contributed by atoms with Gasteiger partial charge >= 0.3 is 12.0 Å². The summed E-state index contributed by atoms with van der Waals surface area (Å²) in [5.41, 5.74) is 0. The highest BCUT2D eigenvalue weighted by molar-refractivity contribution is 8.00. The summed E-state index contributed by atoms with van der Waals surface area (Å²) < 4.78 is 0.103. The molecule has 0 aromatic rings. The first-order valence-electron chi connectivity index (χ1n) is 7.76. The van der Waals surface area contributed by atoms with Crippen molar-refractivity contribution in [1.82, 2.24) is 10.2 Å². The SMILES string of the molecule is CCC(CC)(CNC(=O)N1CCCC(CC(=O)O)C1)SC. The van der Waals surface area contributed by atoms with Crippen LogP contribution in [0.25, 0.3) is 0 Å². The first-order valence-corrected chi connectivity index (χ1v) is 8.98. The number of carboxylic acid groups (broad SMARTS) is 1. The number of amides is 2. The zero-order valence-electron chi connectivity index (χ0n) is 13.4. The number of carbonyl (C=O) groups excluding carboxylic acids is 1. The van der Waals surface area contributed by atoms with Crippen molar-refractivity contribution in [3.8, 4) is 0 Å². The normalized spacial score (nSPS) is 19.4. The van der Waals surface area contributed by atoms with Crippen LogP contribution in [-0.4, -0.2) is 52.6 Å². The molecule has 6 heteroatoms. The van der Waals surface area contributed by atoms with Gasteiger partial charge in [0.1, 0.15) is 0 Å². The molecule has 1 aliphatic heterocycles. The van der Waals surface area contributed by atoms with Gasteiger partial charge in [-0.3, -0.25) is 4.79 Å². The molecule has 1 atom stereocenters. The van der Waals surface area contributed by atoms with Gasteiger partial charge in [-0.05, 0) is 37.9 Å². The quantitative estimate of drug-likeness (QED) is 0.758. The number of urea groups is 1. The molecule has 0 aromatic carbocycles. The van der Waals surface area contributed by atoms with Gasteiger partial charge in [-0.25, -0.2) is 4.79 Å². The van der Waals surface area contributed by atoms with Crippen molar-refractivity contribution in [2.75, 3.05) is 25.9 Å². The van der Waals surface area contributed by atoms with Gasteiger partial charge in [0.15, 0.2) is 0 Å². The molecule has 21 heavy (non-hydrogen) atoms. The number of carboxylic acids is 1. The van der Waals surface area contributed by atoms with Gasteiger partial charge in [-0.15, -0.1) is 0 Å². The van der Waals surface area contributed by atoms with Crippen LogP contribution in [0.3, 0.4) is 0 Å². The minimum Gasteiger partial charge on any atom is -0.481 e. The predicted octanol–water partition coefficient (Wildman–Crippen LogP) is 2.80. The van der Waals surface area contributed by atoms with Crippen LogP contribution in [0.4, 0.5) is 4.79 Å². The van der Waals surface area contributed by atoms with Gasteiger partial charge in [0.2, 0.25) is 0 Å². The van der Waals surface area contributed by atoms with Crippen LogP contribution in [0.2, 0.25) is 0 Å². The van der Waals surface area contributed by atoms with E-state index >= 15 is 0 Å². The molecule has 1 saturated heterocycles. The number of nitrogens with one attached hydrogen (secondary N) is 1. The number of likely N-dealkylation sites (tertiary alicyclic amines) is 1. The maximum absolute atomic E-state index is 12.3. The zero-order valence-corrected chi connectivity index (χ0v) is 14.2. The molecule has 1 heterocycles. The molecular weight excluding hydrogens is 288 g/mol. The molecule has 0 spiro atoms. The minimum absolute atomic E-state index is 0.0505. The van der Waals surface area contributed by atoms with E-state index in [4.69, 9.17) is 5.11 Å². The lowest BCUT2D eigenvalue weighted by Gasteiger charge is -2.34. The maximum Gasteiger partial charge on any atom is 0.317 e. The number of piperidine rings is 1. The molecule has 0 bridgehead atoms.